The molecule has 0 unspecified atom stereocenters. The van der Waals surface area contributed by atoms with E-state index in [0.717, 1.165) is 21.0 Å². The lowest BCUT2D eigenvalue weighted by molar-refractivity contribution is 0.148. The van der Waals surface area contributed by atoms with E-state index in [2.05, 4.69) is 10.1 Å². The summed E-state index contributed by atoms with van der Waals surface area (Å²) in [7, 11) is -4.04. The molecule has 0 amide bonds. The molecule has 0 spiro atoms. The van der Waals surface area contributed by atoms with Gasteiger partial charge in [0.25, 0.3) is 16.4 Å². The third-order valence-corrected chi connectivity index (χ3v) is 5.75. The summed E-state index contributed by atoms with van der Waals surface area (Å²) in [5, 5.41) is 6.30. The molecule has 108 valence electrons. The smallest absolute Gasteiger partial charge is 0.234 e. The highest BCUT2D eigenvalue weighted by atomic mass is 32.2. The van der Waals surface area contributed by atoms with Crippen molar-refractivity contribution < 1.29 is 17.2 Å². The van der Waals surface area contributed by atoms with Crippen LogP contribution in [0.2, 0.25) is 0 Å². The van der Waals surface area contributed by atoms with Crippen molar-refractivity contribution in [1.82, 2.24) is 14.8 Å². The summed E-state index contributed by atoms with van der Waals surface area (Å²) in [5.74, 6) is 0.169. The summed E-state index contributed by atoms with van der Waals surface area (Å²) in [4.78, 5) is 3.55. The standard InChI is InChI=1S/C10H10F2N4O2S2/c11-9(12)7-4-19-5-8(7)20(17,18)16-3-1-2-15-10(16)13-6-14-15/h4-6,9H,1-3H2. The maximum Gasteiger partial charge on any atom is 0.267 e. The Balaban J connectivity index is 2.08. The predicted molar refractivity (Wildman–Crippen MR) is 68.4 cm³/mol. The largest absolute Gasteiger partial charge is 0.267 e. The van der Waals surface area contributed by atoms with Crippen LogP contribution in [0.1, 0.15) is 18.4 Å². The van der Waals surface area contributed by atoms with E-state index in [1.165, 1.54) is 16.4 Å². The van der Waals surface area contributed by atoms with Gasteiger partial charge in [-0.3, -0.25) is 0 Å². The van der Waals surface area contributed by atoms with Crippen LogP contribution >= 0.6 is 11.3 Å². The zero-order valence-electron chi connectivity index (χ0n) is 10.1. The van der Waals surface area contributed by atoms with Crippen LogP contribution in [0, 0.1) is 0 Å². The lowest BCUT2D eigenvalue weighted by Gasteiger charge is -2.27. The van der Waals surface area contributed by atoms with E-state index in [1.54, 1.807) is 0 Å². The molecule has 0 fully saturated rings. The maximum atomic E-state index is 12.9. The van der Waals surface area contributed by atoms with Gasteiger partial charge in [0.1, 0.15) is 11.2 Å². The van der Waals surface area contributed by atoms with Crippen LogP contribution in [0.4, 0.5) is 14.7 Å². The number of nitrogens with zero attached hydrogens (tertiary/aromatic N) is 4. The van der Waals surface area contributed by atoms with Crippen molar-refractivity contribution in [2.75, 3.05) is 10.8 Å². The van der Waals surface area contributed by atoms with Gasteiger partial charge in [-0.1, -0.05) is 0 Å². The average molecular weight is 320 g/mol. The van der Waals surface area contributed by atoms with Crippen molar-refractivity contribution in [3.63, 3.8) is 0 Å². The molecule has 0 saturated heterocycles. The first kappa shape index (κ1) is 13.4. The van der Waals surface area contributed by atoms with Gasteiger partial charge in [0, 0.05) is 29.4 Å². The SMILES string of the molecule is O=S(=O)(c1cscc1C(F)F)N1CCCn2ncnc21. The van der Waals surface area contributed by atoms with Gasteiger partial charge in [0.15, 0.2) is 0 Å². The van der Waals surface area contributed by atoms with Crippen LogP contribution in [0.5, 0.6) is 0 Å². The fraction of sp³-hybridized carbons (Fsp3) is 0.400. The monoisotopic (exact) mass is 320 g/mol. The second-order valence-corrected chi connectivity index (χ2v) is 6.78. The lowest BCUT2D eigenvalue weighted by Crippen LogP contribution is -2.38. The number of hydrogen-bond acceptors (Lipinski definition) is 5. The Kier molecular flexibility index (Phi) is 3.21. The molecule has 0 N–H and O–H groups in total. The van der Waals surface area contributed by atoms with Crippen molar-refractivity contribution in [2.24, 2.45) is 0 Å². The number of alkyl halides is 2. The van der Waals surface area contributed by atoms with Crippen molar-refractivity contribution in [3.05, 3.63) is 22.7 Å². The van der Waals surface area contributed by atoms with Crippen LogP contribution in [-0.4, -0.2) is 29.7 Å². The molecular weight excluding hydrogens is 310 g/mol. The zero-order chi connectivity index (χ0) is 14.3. The van der Waals surface area contributed by atoms with Gasteiger partial charge >= 0.3 is 0 Å². The van der Waals surface area contributed by atoms with Gasteiger partial charge in [-0.2, -0.15) is 21.4 Å². The first-order valence-corrected chi connectivity index (χ1v) is 8.15. The number of hydrogen-bond donors (Lipinski definition) is 0. The fourth-order valence-corrected chi connectivity index (χ4v) is 4.92. The minimum atomic E-state index is -4.04. The molecule has 0 aliphatic carbocycles. The third-order valence-electron chi connectivity index (χ3n) is 3.01. The Bertz CT molecular complexity index is 725. The molecule has 2 aromatic rings. The molecule has 1 aliphatic rings. The van der Waals surface area contributed by atoms with Gasteiger partial charge in [-0.15, -0.1) is 0 Å². The Morgan fingerprint density at radius 3 is 2.85 bits per heavy atom. The van der Waals surface area contributed by atoms with Gasteiger partial charge in [-0.25, -0.2) is 26.2 Å². The van der Waals surface area contributed by atoms with Crippen molar-refractivity contribution in [2.45, 2.75) is 24.3 Å². The molecule has 0 bridgehead atoms. The summed E-state index contributed by atoms with van der Waals surface area (Å²) in [6.07, 6.45) is -1.01. The highest BCUT2D eigenvalue weighted by Crippen LogP contribution is 2.33. The van der Waals surface area contributed by atoms with Crippen LogP contribution in [-0.2, 0) is 16.6 Å². The number of aromatic nitrogens is 3. The Morgan fingerprint density at radius 2 is 2.10 bits per heavy atom. The van der Waals surface area contributed by atoms with Crippen molar-refractivity contribution in [1.29, 1.82) is 0 Å². The van der Waals surface area contributed by atoms with Crippen LogP contribution in [0.25, 0.3) is 0 Å². The Hall–Kier alpha value is -1.55. The summed E-state index contributed by atoms with van der Waals surface area (Å²) in [6.45, 7) is 0.770. The lowest BCUT2D eigenvalue weighted by atomic mass is 10.4. The van der Waals surface area contributed by atoms with Gasteiger partial charge in [-0.05, 0) is 6.42 Å². The summed E-state index contributed by atoms with van der Waals surface area (Å²) in [6, 6.07) is 0. The van der Waals surface area contributed by atoms with Gasteiger partial charge in [0.05, 0.1) is 0 Å². The zero-order valence-corrected chi connectivity index (χ0v) is 11.7. The van der Waals surface area contributed by atoms with Crippen LogP contribution in [0.3, 0.4) is 0 Å². The second kappa shape index (κ2) is 4.77. The molecule has 1 aliphatic heterocycles. The maximum absolute atomic E-state index is 12.9. The normalized spacial score (nSPS) is 15.7. The quantitative estimate of drug-likeness (QED) is 0.866. The van der Waals surface area contributed by atoms with E-state index >= 15 is 0 Å². The van der Waals surface area contributed by atoms with E-state index in [9.17, 15) is 17.2 Å². The average Bonchev–Trinajstić information content (AvgIpc) is 3.06. The Labute approximate surface area is 117 Å². The number of rotatable bonds is 3. The van der Waals surface area contributed by atoms with E-state index in [4.69, 9.17) is 0 Å². The van der Waals surface area contributed by atoms with E-state index in [0.29, 0.717) is 13.0 Å². The number of thiophene rings is 1. The molecule has 0 aromatic carbocycles. The summed E-state index contributed by atoms with van der Waals surface area (Å²) < 4.78 is 53.4. The van der Waals surface area contributed by atoms with Gasteiger partial charge in [0.2, 0.25) is 5.95 Å². The highest BCUT2D eigenvalue weighted by Gasteiger charge is 2.34. The number of anilines is 1. The number of halogens is 2. The third kappa shape index (κ3) is 1.99. The van der Waals surface area contributed by atoms with E-state index in [-0.39, 0.29) is 17.4 Å². The molecule has 0 saturated carbocycles. The first-order chi connectivity index (χ1) is 9.51. The van der Waals surface area contributed by atoms with E-state index in [1.807, 2.05) is 0 Å². The topological polar surface area (TPSA) is 68.1 Å². The molecule has 2 aromatic heterocycles. The molecule has 6 nitrogen and oxygen atoms in total. The summed E-state index contributed by atoms with van der Waals surface area (Å²) in [5.41, 5.74) is -0.466. The summed E-state index contributed by atoms with van der Waals surface area (Å²) >= 11 is 0.940. The predicted octanol–water partition coefficient (Wildman–Crippen LogP) is 1.88. The number of fused-ring (bicyclic) bond motifs is 1. The minimum absolute atomic E-state index is 0.169. The molecular formula is C10H10F2N4O2S2. The molecule has 10 heteroatoms. The minimum Gasteiger partial charge on any atom is -0.234 e. The number of aryl methyl sites for hydroxylation is 1. The number of sulfonamides is 1. The van der Waals surface area contributed by atoms with E-state index < -0.39 is 22.0 Å². The molecule has 3 heterocycles. The van der Waals surface area contributed by atoms with Crippen LogP contribution < -0.4 is 4.31 Å². The second-order valence-electron chi connectivity index (χ2n) is 4.21. The van der Waals surface area contributed by atoms with Crippen molar-refractivity contribution >= 4 is 27.3 Å². The Morgan fingerprint density at radius 1 is 1.30 bits per heavy atom. The molecule has 3 rings (SSSR count). The molecule has 0 radical (unpaired) electrons. The van der Waals surface area contributed by atoms with Crippen molar-refractivity contribution in [3.8, 4) is 0 Å². The fourth-order valence-electron chi connectivity index (χ4n) is 2.08. The first-order valence-electron chi connectivity index (χ1n) is 5.76. The van der Waals surface area contributed by atoms with Gasteiger partial charge < -0.3 is 0 Å². The molecule has 20 heavy (non-hydrogen) atoms. The highest BCUT2D eigenvalue weighted by molar-refractivity contribution is 7.93. The van der Waals surface area contributed by atoms with Crippen LogP contribution in [0.15, 0.2) is 22.0 Å². The molecule has 0 atom stereocenters.